The molecule has 1 N–H and O–H groups in total. The molecule has 2 aromatic rings. The quantitative estimate of drug-likeness (QED) is 0.876. The van der Waals surface area contributed by atoms with E-state index in [0.29, 0.717) is 0 Å². The number of nitrogens with zero attached hydrogens (tertiary/aromatic N) is 3. The van der Waals surface area contributed by atoms with E-state index in [1.165, 1.54) is 5.56 Å². The number of rotatable bonds is 6. The first kappa shape index (κ1) is 15.3. The van der Waals surface area contributed by atoms with Gasteiger partial charge in [-0.25, -0.2) is 0 Å². The zero-order valence-electron chi connectivity index (χ0n) is 13.3. The third kappa shape index (κ3) is 3.76. The Balaban J connectivity index is 1.62. The van der Waals surface area contributed by atoms with Crippen LogP contribution in [0.2, 0.25) is 0 Å². The van der Waals surface area contributed by atoms with Crippen LogP contribution >= 0.6 is 0 Å². The van der Waals surface area contributed by atoms with Gasteiger partial charge in [0, 0.05) is 45.0 Å². The molecule has 22 heavy (non-hydrogen) atoms. The van der Waals surface area contributed by atoms with Crippen LogP contribution in [0.15, 0.2) is 28.9 Å². The number of hydrogen-bond donors (Lipinski definition) is 1. The molecule has 0 amide bonds. The maximum atomic E-state index is 5.87. The zero-order valence-corrected chi connectivity index (χ0v) is 13.3. The number of furan rings is 1. The Morgan fingerprint density at radius 3 is 2.77 bits per heavy atom. The molecule has 1 fully saturated rings. The molecule has 1 unspecified atom stereocenters. The van der Waals surface area contributed by atoms with E-state index < -0.39 is 0 Å². The second-order valence-corrected chi connectivity index (χ2v) is 5.77. The molecule has 6 nitrogen and oxygen atoms in total. The Morgan fingerprint density at radius 1 is 1.32 bits per heavy atom. The Kier molecular flexibility index (Phi) is 4.92. The van der Waals surface area contributed by atoms with Crippen LogP contribution in [0.4, 0.5) is 0 Å². The van der Waals surface area contributed by atoms with Crippen LogP contribution in [0.3, 0.4) is 0 Å². The van der Waals surface area contributed by atoms with Crippen molar-refractivity contribution < 1.29 is 9.15 Å². The van der Waals surface area contributed by atoms with Crippen LogP contribution in [0.5, 0.6) is 0 Å². The predicted molar refractivity (Wildman–Crippen MR) is 83.5 cm³/mol. The fraction of sp³-hybridized carbons (Fsp3) is 0.562. The molecular weight excluding hydrogens is 280 g/mol. The number of aromatic nitrogens is 2. The molecule has 0 aliphatic carbocycles. The minimum absolute atomic E-state index is 0.245. The van der Waals surface area contributed by atoms with E-state index in [1.54, 1.807) is 0 Å². The van der Waals surface area contributed by atoms with Gasteiger partial charge in [-0.15, -0.1) is 0 Å². The summed E-state index contributed by atoms with van der Waals surface area (Å²) < 4.78 is 13.2. The highest BCUT2D eigenvalue weighted by Gasteiger charge is 2.24. The van der Waals surface area contributed by atoms with Gasteiger partial charge in [0.15, 0.2) is 0 Å². The summed E-state index contributed by atoms with van der Waals surface area (Å²) >= 11 is 0. The topological polar surface area (TPSA) is 55.5 Å². The van der Waals surface area contributed by atoms with Gasteiger partial charge in [-0.1, -0.05) is 0 Å². The highest BCUT2D eigenvalue weighted by Crippen LogP contribution is 2.23. The molecule has 0 bridgehead atoms. The van der Waals surface area contributed by atoms with Gasteiger partial charge < -0.3 is 14.5 Å². The van der Waals surface area contributed by atoms with E-state index in [0.717, 1.165) is 50.9 Å². The van der Waals surface area contributed by atoms with E-state index in [1.807, 2.05) is 37.1 Å². The summed E-state index contributed by atoms with van der Waals surface area (Å²) in [5.74, 6) is 1.98. The van der Waals surface area contributed by atoms with Gasteiger partial charge in [0.1, 0.15) is 11.5 Å². The number of morpholine rings is 1. The van der Waals surface area contributed by atoms with Crippen LogP contribution in [0.25, 0.3) is 0 Å². The van der Waals surface area contributed by atoms with Gasteiger partial charge in [-0.05, 0) is 19.1 Å². The monoisotopic (exact) mass is 304 g/mol. The van der Waals surface area contributed by atoms with Gasteiger partial charge in [-0.3, -0.25) is 9.58 Å². The van der Waals surface area contributed by atoms with Crippen molar-refractivity contribution in [3.63, 3.8) is 0 Å². The van der Waals surface area contributed by atoms with Crippen molar-refractivity contribution >= 4 is 0 Å². The molecule has 3 rings (SSSR count). The number of nitrogens with one attached hydrogen (secondary N) is 1. The van der Waals surface area contributed by atoms with Crippen LogP contribution in [-0.2, 0) is 18.3 Å². The molecule has 1 aliphatic rings. The average Bonchev–Trinajstić information content (AvgIpc) is 3.13. The maximum Gasteiger partial charge on any atom is 0.122 e. The first-order chi connectivity index (χ1) is 10.7. The standard InChI is InChI=1S/C16H24N4O2/c1-13-3-4-16(22-13)15(20-5-7-21-8-6-20)11-17-9-14-10-18-19(2)12-14/h3-4,10,12,15,17H,5-9,11H2,1-2H3. The van der Waals surface area contributed by atoms with Crippen LogP contribution in [-0.4, -0.2) is 47.5 Å². The van der Waals surface area contributed by atoms with Crippen LogP contribution in [0.1, 0.15) is 23.1 Å². The molecule has 120 valence electrons. The normalized spacial score (nSPS) is 17.7. The van der Waals surface area contributed by atoms with Crippen molar-refractivity contribution in [3.05, 3.63) is 41.6 Å². The third-order valence-electron chi connectivity index (χ3n) is 4.00. The van der Waals surface area contributed by atoms with Crippen molar-refractivity contribution in [1.29, 1.82) is 0 Å². The Bertz CT molecular complexity index is 586. The zero-order chi connectivity index (χ0) is 15.4. The fourth-order valence-electron chi connectivity index (χ4n) is 2.85. The number of hydrogen-bond acceptors (Lipinski definition) is 5. The molecule has 3 heterocycles. The minimum atomic E-state index is 0.245. The second-order valence-electron chi connectivity index (χ2n) is 5.77. The van der Waals surface area contributed by atoms with Gasteiger partial charge in [0.25, 0.3) is 0 Å². The third-order valence-corrected chi connectivity index (χ3v) is 4.00. The molecule has 1 saturated heterocycles. The van der Waals surface area contributed by atoms with Crippen LogP contribution < -0.4 is 5.32 Å². The van der Waals surface area contributed by atoms with Crippen molar-refractivity contribution in [2.24, 2.45) is 7.05 Å². The first-order valence-electron chi connectivity index (χ1n) is 7.79. The molecule has 1 atom stereocenters. The summed E-state index contributed by atoms with van der Waals surface area (Å²) in [4.78, 5) is 2.43. The second kappa shape index (κ2) is 7.09. The van der Waals surface area contributed by atoms with E-state index in [4.69, 9.17) is 9.15 Å². The lowest BCUT2D eigenvalue weighted by atomic mass is 10.1. The lowest BCUT2D eigenvalue weighted by molar-refractivity contribution is 0.0115. The molecule has 0 aromatic carbocycles. The smallest absolute Gasteiger partial charge is 0.122 e. The highest BCUT2D eigenvalue weighted by atomic mass is 16.5. The summed E-state index contributed by atoms with van der Waals surface area (Å²) in [5, 5.41) is 7.72. The summed E-state index contributed by atoms with van der Waals surface area (Å²) in [5.41, 5.74) is 1.19. The summed E-state index contributed by atoms with van der Waals surface area (Å²) in [6, 6.07) is 4.36. The van der Waals surface area contributed by atoms with Crippen molar-refractivity contribution in [2.75, 3.05) is 32.8 Å². The minimum Gasteiger partial charge on any atom is -0.465 e. The van der Waals surface area contributed by atoms with Gasteiger partial charge >= 0.3 is 0 Å². The Labute approximate surface area is 131 Å². The molecule has 0 radical (unpaired) electrons. The molecule has 2 aromatic heterocycles. The van der Waals surface area contributed by atoms with Gasteiger partial charge in [-0.2, -0.15) is 5.10 Å². The molecule has 1 aliphatic heterocycles. The maximum absolute atomic E-state index is 5.87. The summed E-state index contributed by atoms with van der Waals surface area (Å²) in [7, 11) is 1.94. The molecule has 0 spiro atoms. The first-order valence-corrected chi connectivity index (χ1v) is 7.79. The molecular formula is C16H24N4O2. The number of ether oxygens (including phenoxy) is 1. The average molecular weight is 304 g/mol. The summed E-state index contributed by atoms with van der Waals surface area (Å²) in [6.07, 6.45) is 3.93. The molecule has 6 heteroatoms. The van der Waals surface area contributed by atoms with E-state index in [-0.39, 0.29) is 6.04 Å². The highest BCUT2D eigenvalue weighted by molar-refractivity contribution is 5.11. The largest absolute Gasteiger partial charge is 0.465 e. The fourth-order valence-corrected chi connectivity index (χ4v) is 2.85. The Hall–Kier alpha value is -1.63. The number of aryl methyl sites for hydroxylation is 2. The van der Waals surface area contributed by atoms with Crippen LogP contribution in [0, 0.1) is 6.92 Å². The van der Waals surface area contributed by atoms with Gasteiger partial charge in [0.05, 0.1) is 25.5 Å². The summed E-state index contributed by atoms with van der Waals surface area (Å²) in [6.45, 7) is 7.12. The van der Waals surface area contributed by atoms with E-state index in [9.17, 15) is 0 Å². The Morgan fingerprint density at radius 2 is 2.14 bits per heavy atom. The molecule has 0 saturated carbocycles. The van der Waals surface area contributed by atoms with Gasteiger partial charge in [0.2, 0.25) is 0 Å². The lowest BCUT2D eigenvalue weighted by Gasteiger charge is -2.33. The lowest BCUT2D eigenvalue weighted by Crippen LogP contribution is -2.42. The van der Waals surface area contributed by atoms with Crippen molar-refractivity contribution in [1.82, 2.24) is 20.0 Å². The SMILES string of the molecule is Cc1ccc(C(CNCc2cnn(C)c2)N2CCOCC2)o1. The predicted octanol–water partition coefficient (Wildman–Crippen LogP) is 1.48. The van der Waals surface area contributed by atoms with Crippen molar-refractivity contribution in [2.45, 2.75) is 19.5 Å². The van der Waals surface area contributed by atoms with E-state index >= 15 is 0 Å². The van der Waals surface area contributed by atoms with E-state index in [2.05, 4.69) is 21.4 Å². The van der Waals surface area contributed by atoms with Crippen molar-refractivity contribution in [3.8, 4) is 0 Å².